The minimum Gasteiger partial charge on any atom is -0.370 e. The van der Waals surface area contributed by atoms with Gasteiger partial charge in [0, 0.05) is 27.7 Å². The van der Waals surface area contributed by atoms with E-state index in [1.807, 2.05) is 25.1 Å². The van der Waals surface area contributed by atoms with E-state index in [-0.39, 0.29) is 0 Å². The first kappa shape index (κ1) is 14.3. The van der Waals surface area contributed by atoms with Gasteiger partial charge in [-0.3, -0.25) is 0 Å². The van der Waals surface area contributed by atoms with Gasteiger partial charge in [-0.2, -0.15) is 0 Å². The van der Waals surface area contributed by atoms with Crippen LogP contribution in [0.25, 0.3) is 0 Å². The maximum atomic E-state index is 4.50. The van der Waals surface area contributed by atoms with Crippen molar-refractivity contribution in [2.45, 2.75) is 24.5 Å². The molecular formula is C14H16BrN3S. The number of aryl methyl sites for hydroxylation is 1. The number of benzene rings is 1. The highest BCUT2D eigenvalue weighted by atomic mass is 79.9. The first-order valence-corrected chi connectivity index (χ1v) is 7.92. The molecule has 3 nitrogen and oxygen atoms in total. The molecule has 0 amide bonds. The molecule has 0 aliphatic heterocycles. The summed E-state index contributed by atoms with van der Waals surface area (Å²) in [6, 6.07) is 10.2. The van der Waals surface area contributed by atoms with E-state index in [4.69, 9.17) is 0 Å². The van der Waals surface area contributed by atoms with E-state index in [2.05, 4.69) is 50.3 Å². The second-order valence-corrected chi connectivity index (χ2v) is 6.05. The molecule has 0 bridgehead atoms. The summed E-state index contributed by atoms with van der Waals surface area (Å²) in [6.07, 6.45) is 0. The van der Waals surface area contributed by atoms with Gasteiger partial charge in [0.15, 0.2) is 0 Å². The van der Waals surface area contributed by atoms with Crippen LogP contribution in [0.5, 0.6) is 0 Å². The monoisotopic (exact) mass is 337 g/mol. The Morgan fingerprint density at radius 3 is 2.63 bits per heavy atom. The van der Waals surface area contributed by atoms with Gasteiger partial charge >= 0.3 is 0 Å². The summed E-state index contributed by atoms with van der Waals surface area (Å²) in [7, 11) is 0. The number of nitrogens with one attached hydrogen (secondary N) is 1. The normalized spacial score (nSPS) is 10.5. The van der Waals surface area contributed by atoms with Crippen molar-refractivity contribution in [2.24, 2.45) is 0 Å². The molecule has 0 fully saturated rings. The van der Waals surface area contributed by atoms with Crippen LogP contribution < -0.4 is 5.32 Å². The molecule has 1 heterocycles. The molecule has 19 heavy (non-hydrogen) atoms. The number of hydrogen-bond donors (Lipinski definition) is 1. The molecule has 0 saturated heterocycles. The Morgan fingerprint density at radius 1 is 1.21 bits per heavy atom. The van der Waals surface area contributed by atoms with Crippen LogP contribution in [0.1, 0.15) is 18.4 Å². The highest BCUT2D eigenvalue weighted by Gasteiger charge is 2.03. The number of thioether (sulfide) groups is 1. The fourth-order valence-corrected chi connectivity index (χ4v) is 2.66. The SMILES string of the molecule is CCNc1cc(C)nc(CSc2ccc(Br)cc2)n1. The Kier molecular flexibility index (Phi) is 5.22. The first-order valence-electron chi connectivity index (χ1n) is 6.14. The topological polar surface area (TPSA) is 37.8 Å². The van der Waals surface area contributed by atoms with Crippen LogP contribution in [0.15, 0.2) is 39.7 Å². The van der Waals surface area contributed by atoms with E-state index in [0.717, 1.165) is 34.1 Å². The summed E-state index contributed by atoms with van der Waals surface area (Å²) < 4.78 is 1.10. The number of aromatic nitrogens is 2. The van der Waals surface area contributed by atoms with E-state index in [1.165, 1.54) is 4.90 Å². The number of hydrogen-bond acceptors (Lipinski definition) is 4. The van der Waals surface area contributed by atoms with Crippen molar-refractivity contribution >= 4 is 33.5 Å². The molecule has 5 heteroatoms. The zero-order valence-corrected chi connectivity index (χ0v) is 13.4. The fourth-order valence-electron chi connectivity index (χ4n) is 1.64. The van der Waals surface area contributed by atoms with Gasteiger partial charge in [-0.25, -0.2) is 9.97 Å². The molecule has 100 valence electrons. The molecule has 2 aromatic rings. The zero-order chi connectivity index (χ0) is 13.7. The van der Waals surface area contributed by atoms with Crippen LogP contribution >= 0.6 is 27.7 Å². The molecule has 0 saturated carbocycles. The second kappa shape index (κ2) is 6.91. The number of rotatable bonds is 5. The van der Waals surface area contributed by atoms with Crippen molar-refractivity contribution in [1.82, 2.24) is 9.97 Å². The average Bonchev–Trinajstić information content (AvgIpc) is 2.38. The third-order valence-electron chi connectivity index (χ3n) is 2.44. The average molecular weight is 338 g/mol. The Hall–Kier alpha value is -1.07. The van der Waals surface area contributed by atoms with Crippen molar-refractivity contribution in [3.63, 3.8) is 0 Å². The smallest absolute Gasteiger partial charge is 0.141 e. The summed E-state index contributed by atoms with van der Waals surface area (Å²) in [4.78, 5) is 10.2. The van der Waals surface area contributed by atoms with Crippen LogP contribution in [0.4, 0.5) is 5.82 Å². The van der Waals surface area contributed by atoms with E-state index < -0.39 is 0 Å². The first-order chi connectivity index (χ1) is 9.17. The van der Waals surface area contributed by atoms with Gasteiger partial charge < -0.3 is 5.32 Å². The summed E-state index contributed by atoms with van der Waals surface area (Å²) in [5.74, 6) is 2.55. The zero-order valence-electron chi connectivity index (χ0n) is 11.0. The maximum Gasteiger partial charge on any atom is 0.141 e. The summed E-state index contributed by atoms with van der Waals surface area (Å²) >= 11 is 5.18. The van der Waals surface area contributed by atoms with Gasteiger partial charge in [-0.15, -0.1) is 11.8 Å². The molecule has 1 aromatic heterocycles. The third-order valence-corrected chi connectivity index (χ3v) is 3.98. The van der Waals surface area contributed by atoms with Crippen LogP contribution in [0.2, 0.25) is 0 Å². The highest BCUT2D eigenvalue weighted by Crippen LogP contribution is 2.23. The van der Waals surface area contributed by atoms with Gasteiger partial charge in [0.1, 0.15) is 11.6 Å². The molecule has 0 spiro atoms. The van der Waals surface area contributed by atoms with E-state index >= 15 is 0 Å². The number of halogens is 1. The molecule has 0 aliphatic rings. The Labute approximate surface area is 126 Å². The van der Waals surface area contributed by atoms with Crippen molar-refractivity contribution in [3.8, 4) is 0 Å². The minimum atomic E-state index is 0.779. The van der Waals surface area contributed by atoms with Gasteiger partial charge in [-0.05, 0) is 38.1 Å². The minimum absolute atomic E-state index is 0.779. The fraction of sp³-hybridized carbons (Fsp3) is 0.286. The van der Waals surface area contributed by atoms with E-state index in [9.17, 15) is 0 Å². The molecule has 0 atom stereocenters. The molecule has 1 aromatic carbocycles. The predicted molar refractivity (Wildman–Crippen MR) is 84.6 cm³/mol. The van der Waals surface area contributed by atoms with Crippen LogP contribution in [0.3, 0.4) is 0 Å². The molecule has 1 N–H and O–H groups in total. The summed E-state index contributed by atoms with van der Waals surface area (Å²) in [5.41, 5.74) is 0.998. The Bertz CT molecular complexity index is 543. The quantitative estimate of drug-likeness (QED) is 0.826. The van der Waals surface area contributed by atoms with Gasteiger partial charge in [0.2, 0.25) is 0 Å². The molecular weight excluding hydrogens is 322 g/mol. The van der Waals surface area contributed by atoms with E-state index in [0.29, 0.717) is 0 Å². The molecule has 2 rings (SSSR count). The van der Waals surface area contributed by atoms with E-state index in [1.54, 1.807) is 11.8 Å². The van der Waals surface area contributed by atoms with Crippen LogP contribution in [-0.2, 0) is 5.75 Å². The van der Waals surface area contributed by atoms with Crippen molar-refractivity contribution < 1.29 is 0 Å². The Balaban J connectivity index is 2.04. The lowest BCUT2D eigenvalue weighted by Crippen LogP contribution is -2.04. The van der Waals surface area contributed by atoms with Gasteiger partial charge in [0.05, 0.1) is 5.75 Å². The Morgan fingerprint density at radius 2 is 1.95 bits per heavy atom. The lowest BCUT2D eigenvalue weighted by atomic mass is 10.4. The predicted octanol–water partition coefficient (Wildman–Crippen LogP) is 4.27. The molecule has 0 unspecified atom stereocenters. The summed E-state index contributed by atoms with van der Waals surface area (Å²) in [5, 5.41) is 3.23. The number of anilines is 1. The van der Waals surface area contributed by atoms with Crippen molar-refractivity contribution in [1.29, 1.82) is 0 Å². The highest BCUT2D eigenvalue weighted by molar-refractivity contribution is 9.10. The third kappa shape index (κ3) is 4.51. The van der Waals surface area contributed by atoms with Gasteiger partial charge in [-0.1, -0.05) is 15.9 Å². The number of nitrogens with zero attached hydrogens (tertiary/aromatic N) is 2. The lowest BCUT2D eigenvalue weighted by molar-refractivity contribution is 0.986. The van der Waals surface area contributed by atoms with Gasteiger partial charge in [0.25, 0.3) is 0 Å². The van der Waals surface area contributed by atoms with Crippen LogP contribution in [-0.4, -0.2) is 16.5 Å². The van der Waals surface area contributed by atoms with Crippen molar-refractivity contribution in [3.05, 3.63) is 46.3 Å². The largest absolute Gasteiger partial charge is 0.370 e. The standard InChI is InChI=1S/C14H16BrN3S/c1-3-16-13-8-10(2)17-14(18-13)9-19-12-6-4-11(15)5-7-12/h4-8H,3,9H2,1-2H3,(H,16,17,18). The van der Waals surface area contributed by atoms with Crippen LogP contribution in [0, 0.1) is 6.92 Å². The van der Waals surface area contributed by atoms with Crippen molar-refractivity contribution in [2.75, 3.05) is 11.9 Å². The lowest BCUT2D eigenvalue weighted by Gasteiger charge is -2.07. The second-order valence-electron chi connectivity index (χ2n) is 4.08. The summed E-state index contributed by atoms with van der Waals surface area (Å²) in [6.45, 7) is 4.93. The molecule has 0 radical (unpaired) electrons. The maximum absolute atomic E-state index is 4.50. The molecule has 0 aliphatic carbocycles.